The fourth-order valence-electron chi connectivity index (χ4n) is 1.91. The van der Waals surface area contributed by atoms with Gasteiger partial charge in [0.1, 0.15) is 6.54 Å². The van der Waals surface area contributed by atoms with Crippen LogP contribution in [0.25, 0.3) is 0 Å². The number of aliphatic hydroxyl groups is 1. The zero-order chi connectivity index (χ0) is 15.9. The molecule has 3 nitrogen and oxygen atoms in total. The number of hydrogen-bond donors (Lipinski definition) is 2. The topological polar surface area (TPSA) is 35.5 Å². The summed E-state index contributed by atoms with van der Waals surface area (Å²) in [5, 5.41) is 12.2. The van der Waals surface area contributed by atoms with Gasteiger partial charge in [-0.2, -0.15) is 13.2 Å². The largest absolute Gasteiger partial charge is 0.405 e. The monoisotopic (exact) mass is 368 g/mol. The Hall–Kier alpha value is -0.790. The minimum absolute atomic E-state index is 0.0562. The van der Waals surface area contributed by atoms with E-state index in [1.54, 1.807) is 18.2 Å². The summed E-state index contributed by atoms with van der Waals surface area (Å²) in [6.07, 6.45) is -3.28. The molecule has 0 saturated carbocycles. The van der Waals surface area contributed by atoms with Gasteiger partial charge >= 0.3 is 6.18 Å². The van der Waals surface area contributed by atoms with Crippen molar-refractivity contribution in [3.63, 3.8) is 0 Å². The lowest BCUT2D eigenvalue weighted by molar-refractivity contribution is -0.119. The van der Waals surface area contributed by atoms with Gasteiger partial charge in [-0.3, -0.25) is 0 Å². The molecule has 0 aromatic heterocycles. The first-order chi connectivity index (χ1) is 9.87. The van der Waals surface area contributed by atoms with Crippen LogP contribution in [0.4, 0.5) is 18.9 Å². The number of halogens is 4. The molecule has 0 amide bonds. The van der Waals surface area contributed by atoms with Crippen LogP contribution in [-0.4, -0.2) is 37.5 Å². The second-order valence-electron chi connectivity index (χ2n) is 4.71. The van der Waals surface area contributed by atoms with E-state index >= 15 is 0 Å². The molecule has 120 valence electrons. The van der Waals surface area contributed by atoms with Gasteiger partial charge in [-0.05, 0) is 30.7 Å². The molecule has 0 aliphatic carbocycles. The first-order valence-electron chi connectivity index (χ1n) is 6.79. The third-order valence-corrected chi connectivity index (χ3v) is 3.62. The molecular formula is C14H20BrF3N2O. The van der Waals surface area contributed by atoms with Crippen LogP contribution >= 0.6 is 15.9 Å². The van der Waals surface area contributed by atoms with Crippen LogP contribution in [0.2, 0.25) is 0 Å². The molecule has 0 aliphatic heterocycles. The molecule has 1 rings (SSSR count). The minimum Gasteiger partial charge on any atom is -0.395 e. The van der Waals surface area contributed by atoms with E-state index in [2.05, 4.69) is 28.2 Å². The third-order valence-electron chi connectivity index (χ3n) is 2.88. The molecule has 0 atom stereocenters. The van der Waals surface area contributed by atoms with Crippen LogP contribution in [0.15, 0.2) is 22.7 Å². The minimum atomic E-state index is -4.30. The van der Waals surface area contributed by atoms with E-state index in [4.69, 9.17) is 5.11 Å². The summed E-state index contributed by atoms with van der Waals surface area (Å²) in [6, 6.07) is 5.10. The zero-order valence-corrected chi connectivity index (χ0v) is 13.5. The predicted octanol–water partition coefficient (Wildman–Crippen LogP) is 3.31. The maximum Gasteiger partial charge on any atom is 0.405 e. The summed E-state index contributed by atoms with van der Waals surface area (Å²) >= 11 is 3.39. The molecule has 0 radical (unpaired) electrons. The molecule has 0 aliphatic rings. The fraction of sp³-hybridized carbons (Fsp3) is 0.571. The van der Waals surface area contributed by atoms with Gasteiger partial charge in [0.2, 0.25) is 0 Å². The Morgan fingerprint density at radius 2 is 2.05 bits per heavy atom. The van der Waals surface area contributed by atoms with E-state index in [-0.39, 0.29) is 13.2 Å². The number of nitrogens with one attached hydrogen (secondary N) is 1. The summed E-state index contributed by atoms with van der Waals surface area (Å²) < 4.78 is 38.4. The molecule has 0 heterocycles. The van der Waals surface area contributed by atoms with Gasteiger partial charge in [-0.15, -0.1) is 0 Å². The first-order valence-corrected chi connectivity index (χ1v) is 7.58. The van der Waals surface area contributed by atoms with Gasteiger partial charge in [0.15, 0.2) is 0 Å². The SMILES string of the molecule is CCCNCc1ccc(N(CCO)CC(F)(F)F)cc1Br. The number of benzene rings is 1. The van der Waals surface area contributed by atoms with Gasteiger partial charge in [-0.1, -0.05) is 28.9 Å². The normalized spacial score (nSPS) is 11.7. The lowest BCUT2D eigenvalue weighted by Gasteiger charge is -2.25. The van der Waals surface area contributed by atoms with Crippen molar-refractivity contribution >= 4 is 21.6 Å². The number of alkyl halides is 3. The van der Waals surface area contributed by atoms with Gasteiger partial charge < -0.3 is 15.3 Å². The highest BCUT2D eigenvalue weighted by molar-refractivity contribution is 9.10. The number of hydrogen-bond acceptors (Lipinski definition) is 3. The maximum atomic E-state index is 12.6. The van der Waals surface area contributed by atoms with E-state index in [1.165, 1.54) is 0 Å². The standard InChI is InChI=1S/C14H20BrF3N2O/c1-2-5-19-9-11-3-4-12(8-13(11)15)20(6-7-21)10-14(16,17)18/h3-4,8,19,21H,2,5-7,9-10H2,1H3. The van der Waals surface area contributed by atoms with E-state index < -0.39 is 12.7 Å². The molecule has 0 saturated heterocycles. The number of nitrogens with zero attached hydrogens (tertiary/aromatic N) is 1. The van der Waals surface area contributed by atoms with Crippen LogP contribution in [0.5, 0.6) is 0 Å². The Morgan fingerprint density at radius 1 is 1.33 bits per heavy atom. The van der Waals surface area contributed by atoms with E-state index in [0.29, 0.717) is 12.2 Å². The summed E-state index contributed by atoms with van der Waals surface area (Å²) in [5.74, 6) is 0. The molecule has 0 fully saturated rings. The molecule has 7 heteroatoms. The maximum absolute atomic E-state index is 12.6. The van der Waals surface area contributed by atoms with Crippen molar-refractivity contribution in [2.75, 3.05) is 31.1 Å². The molecule has 1 aromatic carbocycles. The van der Waals surface area contributed by atoms with Gasteiger partial charge in [0, 0.05) is 23.2 Å². The van der Waals surface area contributed by atoms with Crippen molar-refractivity contribution in [1.29, 1.82) is 0 Å². The molecule has 1 aromatic rings. The lowest BCUT2D eigenvalue weighted by atomic mass is 10.2. The highest BCUT2D eigenvalue weighted by Crippen LogP contribution is 2.27. The summed E-state index contributed by atoms with van der Waals surface area (Å²) in [4.78, 5) is 1.12. The Balaban J connectivity index is 2.82. The van der Waals surface area contributed by atoms with E-state index in [0.717, 1.165) is 27.9 Å². The second kappa shape index (κ2) is 8.60. The lowest BCUT2D eigenvalue weighted by Crippen LogP contribution is -2.36. The van der Waals surface area contributed by atoms with E-state index in [9.17, 15) is 13.2 Å². The van der Waals surface area contributed by atoms with E-state index in [1.807, 2.05) is 0 Å². The average molecular weight is 369 g/mol. The summed E-state index contributed by atoms with van der Waals surface area (Å²) in [7, 11) is 0. The summed E-state index contributed by atoms with van der Waals surface area (Å²) in [6.45, 7) is 2.16. The fourth-order valence-corrected chi connectivity index (χ4v) is 2.42. The smallest absolute Gasteiger partial charge is 0.395 e. The van der Waals surface area contributed by atoms with Crippen LogP contribution in [0.3, 0.4) is 0 Å². The quantitative estimate of drug-likeness (QED) is 0.691. The van der Waals surface area contributed by atoms with Crippen LogP contribution in [0.1, 0.15) is 18.9 Å². The number of rotatable bonds is 8. The second-order valence-corrected chi connectivity index (χ2v) is 5.57. The molecule has 0 unspecified atom stereocenters. The highest BCUT2D eigenvalue weighted by atomic mass is 79.9. The van der Waals surface area contributed by atoms with Crippen LogP contribution in [-0.2, 0) is 6.54 Å². The Kier molecular flexibility index (Phi) is 7.48. The first kappa shape index (κ1) is 18.3. The zero-order valence-electron chi connectivity index (χ0n) is 11.9. The van der Waals surface area contributed by atoms with Gasteiger partial charge in [0.25, 0.3) is 0 Å². The van der Waals surface area contributed by atoms with Crippen LogP contribution < -0.4 is 10.2 Å². The third kappa shape index (κ3) is 6.67. The van der Waals surface area contributed by atoms with Crippen molar-refractivity contribution in [3.8, 4) is 0 Å². The molecule has 0 bridgehead atoms. The molecular weight excluding hydrogens is 349 g/mol. The Bertz CT molecular complexity index is 441. The van der Waals surface area contributed by atoms with Crippen molar-refractivity contribution in [1.82, 2.24) is 5.32 Å². The van der Waals surface area contributed by atoms with Gasteiger partial charge in [-0.25, -0.2) is 0 Å². The highest BCUT2D eigenvalue weighted by Gasteiger charge is 2.30. The van der Waals surface area contributed by atoms with Crippen molar-refractivity contribution < 1.29 is 18.3 Å². The number of aliphatic hydroxyl groups excluding tert-OH is 1. The van der Waals surface area contributed by atoms with Crippen molar-refractivity contribution in [3.05, 3.63) is 28.2 Å². The summed E-state index contributed by atoms with van der Waals surface area (Å²) in [5.41, 5.74) is 1.43. The molecule has 2 N–H and O–H groups in total. The molecule has 0 spiro atoms. The van der Waals surface area contributed by atoms with Crippen molar-refractivity contribution in [2.24, 2.45) is 0 Å². The Labute approximate surface area is 131 Å². The number of anilines is 1. The van der Waals surface area contributed by atoms with Crippen LogP contribution in [0, 0.1) is 0 Å². The Morgan fingerprint density at radius 3 is 2.57 bits per heavy atom. The van der Waals surface area contributed by atoms with Gasteiger partial charge in [0.05, 0.1) is 6.61 Å². The molecule has 21 heavy (non-hydrogen) atoms. The predicted molar refractivity (Wildman–Crippen MR) is 81.5 cm³/mol. The van der Waals surface area contributed by atoms with Crippen molar-refractivity contribution in [2.45, 2.75) is 26.1 Å². The average Bonchev–Trinajstić information content (AvgIpc) is 2.39.